The molecule has 1 atom stereocenters. The standard InChI is InChI=1S/C6H13NO3/c1-3-4-6(2,5-8)7(9)10/h8H,3-5H2,1-2H3. The summed E-state index contributed by atoms with van der Waals surface area (Å²) >= 11 is 0. The quantitative estimate of drug-likeness (QED) is 0.473. The molecule has 4 heteroatoms. The topological polar surface area (TPSA) is 63.4 Å². The highest BCUT2D eigenvalue weighted by atomic mass is 16.6. The Hall–Kier alpha value is -0.640. The van der Waals surface area contributed by atoms with Gasteiger partial charge in [-0.15, -0.1) is 0 Å². The van der Waals surface area contributed by atoms with Gasteiger partial charge in [-0.2, -0.15) is 0 Å². The fourth-order valence-electron chi connectivity index (χ4n) is 0.767. The molecule has 0 aliphatic carbocycles. The van der Waals surface area contributed by atoms with Crippen LogP contribution in [0, 0.1) is 10.1 Å². The summed E-state index contributed by atoms with van der Waals surface area (Å²) < 4.78 is 0. The number of hydrogen-bond acceptors (Lipinski definition) is 3. The van der Waals surface area contributed by atoms with Crippen LogP contribution in [-0.2, 0) is 0 Å². The van der Waals surface area contributed by atoms with E-state index in [0.717, 1.165) is 6.42 Å². The zero-order valence-electron chi connectivity index (χ0n) is 6.33. The van der Waals surface area contributed by atoms with Crippen molar-refractivity contribution in [3.63, 3.8) is 0 Å². The van der Waals surface area contributed by atoms with Gasteiger partial charge < -0.3 is 5.11 Å². The fraction of sp³-hybridized carbons (Fsp3) is 1.00. The molecule has 0 aliphatic heterocycles. The van der Waals surface area contributed by atoms with Crippen LogP contribution in [0.1, 0.15) is 26.7 Å². The Morgan fingerprint density at radius 2 is 2.20 bits per heavy atom. The summed E-state index contributed by atoms with van der Waals surface area (Å²) in [6.07, 6.45) is 1.15. The zero-order chi connectivity index (χ0) is 8.20. The van der Waals surface area contributed by atoms with Crippen molar-refractivity contribution >= 4 is 0 Å². The number of aliphatic hydroxyl groups is 1. The maximum atomic E-state index is 10.3. The van der Waals surface area contributed by atoms with Crippen molar-refractivity contribution in [3.05, 3.63) is 10.1 Å². The molecule has 0 fully saturated rings. The Labute approximate surface area is 60.0 Å². The van der Waals surface area contributed by atoms with Gasteiger partial charge in [0, 0.05) is 18.3 Å². The highest BCUT2D eigenvalue weighted by molar-refractivity contribution is 4.70. The van der Waals surface area contributed by atoms with Crippen LogP contribution < -0.4 is 0 Å². The summed E-state index contributed by atoms with van der Waals surface area (Å²) in [6, 6.07) is 0. The average molecular weight is 147 g/mol. The summed E-state index contributed by atoms with van der Waals surface area (Å²) in [5.41, 5.74) is -1.13. The van der Waals surface area contributed by atoms with Gasteiger partial charge in [-0.25, -0.2) is 0 Å². The van der Waals surface area contributed by atoms with E-state index in [2.05, 4.69) is 0 Å². The molecule has 60 valence electrons. The summed E-state index contributed by atoms with van der Waals surface area (Å²) in [6.45, 7) is 2.93. The molecule has 0 heterocycles. The molecule has 0 saturated carbocycles. The molecule has 0 rings (SSSR count). The highest BCUT2D eigenvalue weighted by Crippen LogP contribution is 2.14. The second kappa shape index (κ2) is 3.51. The van der Waals surface area contributed by atoms with E-state index in [1.807, 2.05) is 6.92 Å². The lowest BCUT2D eigenvalue weighted by atomic mass is 9.99. The molecule has 10 heavy (non-hydrogen) atoms. The molecule has 0 spiro atoms. The first-order chi connectivity index (χ1) is 4.56. The van der Waals surface area contributed by atoms with E-state index in [9.17, 15) is 10.1 Å². The second-order valence-corrected chi connectivity index (χ2v) is 2.66. The van der Waals surface area contributed by atoms with Crippen LogP contribution in [0.25, 0.3) is 0 Å². The fourth-order valence-corrected chi connectivity index (χ4v) is 0.767. The monoisotopic (exact) mass is 147 g/mol. The van der Waals surface area contributed by atoms with Crippen molar-refractivity contribution in [2.75, 3.05) is 6.61 Å². The molecule has 0 aromatic rings. The van der Waals surface area contributed by atoms with Gasteiger partial charge >= 0.3 is 0 Å². The third kappa shape index (κ3) is 1.95. The van der Waals surface area contributed by atoms with Gasteiger partial charge in [0.1, 0.15) is 6.61 Å². The largest absolute Gasteiger partial charge is 0.389 e. The molecule has 1 unspecified atom stereocenters. The van der Waals surface area contributed by atoms with E-state index < -0.39 is 10.5 Å². The molecular formula is C6H13NO3. The first-order valence-corrected chi connectivity index (χ1v) is 3.32. The van der Waals surface area contributed by atoms with E-state index in [1.54, 1.807) is 0 Å². The molecule has 0 aliphatic rings. The normalized spacial score (nSPS) is 16.3. The van der Waals surface area contributed by atoms with Crippen LogP contribution >= 0.6 is 0 Å². The summed E-state index contributed by atoms with van der Waals surface area (Å²) in [5, 5.41) is 18.9. The predicted octanol–water partition coefficient (Wildman–Crippen LogP) is 0.814. The van der Waals surface area contributed by atoms with Crippen molar-refractivity contribution in [1.29, 1.82) is 0 Å². The Bertz CT molecular complexity index is 126. The first kappa shape index (κ1) is 9.36. The van der Waals surface area contributed by atoms with E-state index in [1.165, 1.54) is 6.92 Å². The van der Waals surface area contributed by atoms with Gasteiger partial charge in [-0.05, 0) is 6.42 Å². The van der Waals surface area contributed by atoms with Crippen molar-refractivity contribution < 1.29 is 10.0 Å². The van der Waals surface area contributed by atoms with Gasteiger partial charge in [0.05, 0.1) is 0 Å². The molecule has 0 aromatic carbocycles. The molecule has 0 aromatic heterocycles. The Kier molecular flexibility index (Phi) is 3.28. The van der Waals surface area contributed by atoms with Crippen molar-refractivity contribution in [2.45, 2.75) is 32.2 Å². The average Bonchev–Trinajstić information content (AvgIpc) is 1.88. The molecule has 0 saturated heterocycles. The smallest absolute Gasteiger partial charge is 0.242 e. The van der Waals surface area contributed by atoms with Gasteiger partial charge in [0.15, 0.2) is 0 Å². The number of nitro groups is 1. The third-order valence-corrected chi connectivity index (χ3v) is 1.57. The van der Waals surface area contributed by atoms with Gasteiger partial charge in [0.25, 0.3) is 0 Å². The van der Waals surface area contributed by atoms with Crippen molar-refractivity contribution in [3.8, 4) is 0 Å². The molecule has 0 radical (unpaired) electrons. The van der Waals surface area contributed by atoms with Crippen LogP contribution in [0.4, 0.5) is 0 Å². The summed E-state index contributed by atoms with van der Waals surface area (Å²) in [4.78, 5) is 9.87. The lowest BCUT2D eigenvalue weighted by Crippen LogP contribution is -2.38. The van der Waals surface area contributed by atoms with Crippen molar-refractivity contribution in [1.82, 2.24) is 0 Å². The van der Waals surface area contributed by atoms with Crippen LogP contribution in [-0.4, -0.2) is 22.2 Å². The van der Waals surface area contributed by atoms with E-state index in [4.69, 9.17) is 5.11 Å². The van der Waals surface area contributed by atoms with E-state index in [0.29, 0.717) is 6.42 Å². The van der Waals surface area contributed by atoms with E-state index in [-0.39, 0.29) is 6.61 Å². The Morgan fingerprint density at radius 3 is 2.30 bits per heavy atom. The SMILES string of the molecule is CCCC(C)(CO)[N+](=O)[O-]. The van der Waals surface area contributed by atoms with Gasteiger partial charge in [-0.1, -0.05) is 6.92 Å². The lowest BCUT2D eigenvalue weighted by molar-refractivity contribution is -0.570. The van der Waals surface area contributed by atoms with E-state index >= 15 is 0 Å². The van der Waals surface area contributed by atoms with Crippen LogP contribution in [0.5, 0.6) is 0 Å². The number of aliphatic hydroxyl groups excluding tert-OH is 1. The molecule has 0 amide bonds. The third-order valence-electron chi connectivity index (χ3n) is 1.57. The molecule has 4 nitrogen and oxygen atoms in total. The van der Waals surface area contributed by atoms with Crippen LogP contribution in [0.2, 0.25) is 0 Å². The maximum absolute atomic E-state index is 10.3. The Balaban J connectivity index is 4.08. The Morgan fingerprint density at radius 1 is 1.70 bits per heavy atom. The zero-order valence-corrected chi connectivity index (χ0v) is 6.33. The summed E-state index contributed by atoms with van der Waals surface area (Å²) in [5.74, 6) is 0. The maximum Gasteiger partial charge on any atom is 0.242 e. The minimum Gasteiger partial charge on any atom is -0.389 e. The number of rotatable bonds is 4. The minimum atomic E-state index is -1.13. The predicted molar refractivity (Wildman–Crippen MR) is 37.4 cm³/mol. The molecular weight excluding hydrogens is 134 g/mol. The molecule has 0 bridgehead atoms. The van der Waals surface area contributed by atoms with Crippen LogP contribution in [0.3, 0.4) is 0 Å². The minimum absolute atomic E-state index is 0.381. The second-order valence-electron chi connectivity index (χ2n) is 2.66. The lowest BCUT2D eigenvalue weighted by Gasteiger charge is -2.16. The number of nitrogens with zero attached hydrogens (tertiary/aromatic N) is 1. The summed E-state index contributed by atoms with van der Waals surface area (Å²) in [7, 11) is 0. The van der Waals surface area contributed by atoms with Gasteiger partial charge in [0.2, 0.25) is 5.54 Å². The first-order valence-electron chi connectivity index (χ1n) is 3.32. The molecule has 1 N–H and O–H groups in total. The van der Waals surface area contributed by atoms with Gasteiger partial charge in [-0.3, -0.25) is 10.1 Å². The van der Waals surface area contributed by atoms with Crippen LogP contribution in [0.15, 0.2) is 0 Å². The van der Waals surface area contributed by atoms with Crippen molar-refractivity contribution in [2.24, 2.45) is 0 Å². The highest BCUT2D eigenvalue weighted by Gasteiger charge is 2.34. The number of hydrogen-bond donors (Lipinski definition) is 1.